The standard InChI is InChI=1S/C17H22N4O2.ClH/c22-15-17(13-6-9-18-10-7-13,14-3-1-2-8-19-14)20-16(23)21(15)11-12-4-5-12;/h1-3,8,12-13,18H,4-7,9-11H2,(H,20,23);1H. The SMILES string of the molecule is Cl.O=C1NC(c2ccccn2)(C2CCNCC2)C(=O)N1CC1CC1. The molecule has 2 aliphatic heterocycles. The quantitative estimate of drug-likeness (QED) is 0.810. The molecule has 3 amide bonds. The van der Waals surface area contributed by atoms with Gasteiger partial charge in [-0.15, -0.1) is 12.4 Å². The molecule has 7 heteroatoms. The Labute approximate surface area is 147 Å². The van der Waals surface area contributed by atoms with Crippen LogP contribution in [0, 0.1) is 11.8 Å². The Morgan fingerprint density at radius 2 is 1.92 bits per heavy atom. The summed E-state index contributed by atoms with van der Waals surface area (Å²) in [7, 11) is 0. The summed E-state index contributed by atoms with van der Waals surface area (Å²) >= 11 is 0. The maximum absolute atomic E-state index is 13.3. The number of carbonyl (C=O) groups excluding carboxylic acids is 2. The van der Waals surface area contributed by atoms with Crippen LogP contribution in [0.15, 0.2) is 24.4 Å². The highest BCUT2D eigenvalue weighted by atomic mass is 35.5. The normalized spacial score (nSPS) is 27.8. The van der Waals surface area contributed by atoms with Crippen molar-refractivity contribution in [3.05, 3.63) is 30.1 Å². The minimum Gasteiger partial charge on any atom is -0.318 e. The second-order valence-electron chi connectivity index (χ2n) is 6.84. The lowest BCUT2D eigenvalue weighted by molar-refractivity contribution is -0.134. The topological polar surface area (TPSA) is 74.3 Å². The molecule has 1 aromatic rings. The smallest absolute Gasteiger partial charge is 0.318 e. The summed E-state index contributed by atoms with van der Waals surface area (Å²) < 4.78 is 0. The number of imide groups is 1. The van der Waals surface area contributed by atoms with E-state index in [0.29, 0.717) is 18.2 Å². The summed E-state index contributed by atoms with van der Waals surface area (Å²) in [5, 5.41) is 6.36. The largest absolute Gasteiger partial charge is 0.325 e. The molecule has 2 saturated heterocycles. The molecule has 3 heterocycles. The van der Waals surface area contributed by atoms with E-state index in [-0.39, 0.29) is 30.3 Å². The molecule has 0 bridgehead atoms. The van der Waals surface area contributed by atoms with Crippen molar-refractivity contribution >= 4 is 24.3 Å². The first kappa shape index (κ1) is 17.2. The molecule has 0 aromatic carbocycles. The van der Waals surface area contributed by atoms with Gasteiger partial charge < -0.3 is 10.6 Å². The summed E-state index contributed by atoms with van der Waals surface area (Å²) in [4.78, 5) is 31.7. The second kappa shape index (κ2) is 6.69. The number of nitrogens with one attached hydrogen (secondary N) is 2. The number of piperidine rings is 1. The van der Waals surface area contributed by atoms with Gasteiger partial charge in [0.2, 0.25) is 0 Å². The maximum atomic E-state index is 13.3. The van der Waals surface area contributed by atoms with Gasteiger partial charge in [-0.1, -0.05) is 6.07 Å². The van der Waals surface area contributed by atoms with Crippen LogP contribution in [0.4, 0.5) is 4.79 Å². The number of amides is 3. The number of urea groups is 1. The van der Waals surface area contributed by atoms with Gasteiger partial charge in [-0.3, -0.25) is 14.7 Å². The molecule has 1 unspecified atom stereocenters. The third-order valence-electron chi connectivity index (χ3n) is 5.29. The second-order valence-corrected chi connectivity index (χ2v) is 6.84. The Morgan fingerprint density at radius 3 is 2.54 bits per heavy atom. The van der Waals surface area contributed by atoms with Crippen LogP contribution in [0.3, 0.4) is 0 Å². The van der Waals surface area contributed by atoms with Crippen LogP contribution in [0.25, 0.3) is 0 Å². The van der Waals surface area contributed by atoms with Crippen LogP contribution in [0.1, 0.15) is 31.4 Å². The van der Waals surface area contributed by atoms with Crippen molar-refractivity contribution < 1.29 is 9.59 Å². The molecule has 1 aromatic heterocycles. The zero-order chi connectivity index (χ0) is 15.9. The third-order valence-corrected chi connectivity index (χ3v) is 5.29. The average Bonchev–Trinajstić information content (AvgIpc) is 3.38. The molecule has 2 N–H and O–H groups in total. The molecule has 1 saturated carbocycles. The van der Waals surface area contributed by atoms with Crippen molar-refractivity contribution in [1.82, 2.24) is 20.5 Å². The Hall–Kier alpha value is -1.66. The first-order chi connectivity index (χ1) is 11.2. The van der Waals surface area contributed by atoms with E-state index in [0.717, 1.165) is 38.8 Å². The summed E-state index contributed by atoms with van der Waals surface area (Å²) in [5.74, 6) is 0.455. The summed E-state index contributed by atoms with van der Waals surface area (Å²) in [6.45, 7) is 2.28. The average molecular weight is 351 g/mol. The summed E-state index contributed by atoms with van der Waals surface area (Å²) in [6, 6.07) is 5.32. The zero-order valence-electron chi connectivity index (χ0n) is 13.5. The predicted molar refractivity (Wildman–Crippen MR) is 91.7 cm³/mol. The zero-order valence-corrected chi connectivity index (χ0v) is 14.3. The minimum atomic E-state index is -0.991. The van der Waals surface area contributed by atoms with Crippen LogP contribution >= 0.6 is 12.4 Å². The van der Waals surface area contributed by atoms with Gasteiger partial charge in [0.05, 0.1) is 5.69 Å². The van der Waals surface area contributed by atoms with Crippen molar-refractivity contribution in [3.63, 3.8) is 0 Å². The van der Waals surface area contributed by atoms with Gasteiger partial charge in [0.25, 0.3) is 5.91 Å². The van der Waals surface area contributed by atoms with E-state index in [2.05, 4.69) is 15.6 Å². The number of aromatic nitrogens is 1. The molecular weight excluding hydrogens is 328 g/mol. The fourth-order valence-corrected chi connectivity index (χ4v) is 3.83. The van der Waals surface area contributed by atoms with Crippen LogP contribution in [0.5, 0.6) is 0 Å². The summed E-state index contributed by atoms with van der Waals surface area (Å²) in [5.41, 5.74) is -0.321. The van der Waals surface area contributed by atoms with Crippen molar-refractivity contribution in [2.75, 3.05) is 19.6 Å². The van der Waals surface area contributed by atoms with E-state index < -0.39 is 5.54 Å². The Morgan fingerprint density at radius 1 is 1.17 bits per heavy atom. The molecule has 3 fully saturated rings. The highest BCUT2D eigenvalue weighted by Crippen LogP contribution is 2.41. The minimum absolute atomic E-state index is 0. The predicted octanol–water partition coefficient (Wildman–Crippen LogP) is 1.66. The van der Waals surface area contributed by atoms with Gasteiger partial charge >= 0.3 is 6.03 Å². The van der Waals surface area contributed by atoms with Gasteiger partial charge in [-0.05, 0) is 62.7 Å². The Kier molecular flexibility index (Phi) is 4.78. The molecule has 1 atom stereocenters. The van der Waals surface area contributed by atoms with Crippen LogP contribution in [-0.4, -0.2) is 41.5 Å². The number of nitrogens with zero attached hydrogens (tertiary/aromatic N) is 2. The number of rotatable bonds is 4. The van der Waals surface area contributed by atoms with E-state index in [1.54, 1.807) is 6.20 Å². The summed E-state index contributed by atoms with van der Waals surface area (Å²) in [6.07, 6.45) is 5.64. The highest BCUT2D eigenvalue weighted by molar-refractivity contribution is 6.07. The maximum Gasteiger partial charge on any atom is 0.325 e. The molecule has 0 spiro atoms. The van der Waals surface area contributed by atoms with E-state index in [4.69, 9.17) is 0 Å². The monoisotopic (exact) mass is 350 g/mol. The van der Waals surface area contributed by atoms with E-state index >= 15 is 0 Å². The molecule has 1 aliphatic carbocycles. The van der Waals surface area contributed by atoms with Gasteiger partial charge in [0, 0.05) is 12.7 Å². The Balaban J connectivity index is 0.00000169. The van der Waals surface area contributed by atoms with Crippen molar-refractivity contribution in [2.45, 2.75) is 31.2 Å². The Bertz CT molecular complexity index is 616. The highest BCUT2D eigenvalue weighted by Gasteiger charge is 2.58. The third kappa shape index (κ3) is 2.78. The van der Waals surface area contributed by atoms with Crippen molar-refractivity contribution in [3.8, 4) is 0 Å². The molecule has 4 rings (SSSR count). The lowest BCUT2D eigenvalue weighted by Gasteiger charge is -2.37. The van der Waals surface area contributed by atoms with Crippen molar-refractivity contribution in [2.24, 2.45) is 11.8 Å². The number of carbonyl (C=O) groups is 2. The van der Waals surface area contributed by atoms with Crippen LogP contribution in [-0.2, 0) is 10.3 Å². The fraction of sp³-hybridized carbons (Fsp3) is 0.588. The molecule has 24 heavy (non-hydrogen) atoms. The molecule has 130 valence electrons. The molecule has 3 aliphatic rings. The first-order valence-electron chi connectivity index (χ1n) is 8.48. The first-order valence-corrected chi connectivity index (χ1v) is 8.48. The number of hydrogen-bond acceptors (Lipinski definition) is 4. The van der Waals surface area contributed by atoms with Gasteiger partial charge in [0.15, 0.2) is 5.54 Å². The number of pyridine rings is 1. The lowest BCUT2D eigenvalue weighted by atomic mass is 9.75. The number of hydrogen-bond donors (Lipinski definition) is 2. The molecule has 6 nitrogen and oxygen atoms in total. The molecular formula is C17H23ClN4O2. The number of halogens is 1. The van der Waals surface area contributed by atoms with Gasteiger partial charge in [0.1, 0.15) is 0 Å². The van der Waals surface area contributed by atoms with Crippen LogP contribution in [0.2, 0.25) is 0 Å². The lowest BCUT2D eigenvalue weighted by Crippen LogP contribution is -2.53. The van der Waals surface area contributed by atoms with E-state index in [1.165, 1.54) is 4.90 Å². The van der Waals surface area contributed by atoms with E-state index in [1.807, 2.05) is 18.2 Å². The van der Waals surface area contributed by atoms with Gasteiger partial charge in [-0.25, -0.2) is 4.79 Å². The molecule has 0 radical (unpaired) electrons. The van der Waals surface area contributed by atoms with E-state index in [9.17, 15) is 9.59 Å². The fourth-order valence-electron chi connectivity index (χ4n) is 3.83. The van der Waals surface area contributed by atoms with Crippen LogP contribution < -0.4 is 10.6 Å². The van der Waals surface area contributed by atoms with Gasteiger partial charge in [-0.2, -0.15) is 0 Å². The van der Waals surface area contributed by atoms with Crippen molar-refractivity contribution in [1.29, 1.82) is 0 Å².